The third kappa shape index (κ3) is 3.92. The molecular formula is C19H26N2O2. The van der Waals surface area contributed by atoms with Gasteiger partial charge in [0.1, 0.15) is 0 Å². The van der Waals surface area contributed by atoms with Gasteiger partial charge >= 0.3 is 0 Å². The number of aryl methyl sites for hydroxylation is 1. The molecule has 2 aliphatic carbocycles. The molecule has 124 valence electrons. The summed E-state index contributed by atoms with van der Waals surface area (Å²) in [6.07, 6.45) is 5.98. The van der Waals surface area contributed by atoms with Crippen LogP contribution in [0.15, 0.2) is 18.2 Å². The molecule has 0 saturated heterocycles. The summed E-state index contributed by atoms with van der Waals surface area (Å²) < 4.78 is 0. The van der Waals surface area contributed by atoms with Crippen LogP contribution in [-0.4, -0.2) is 25.9 Å². The van der Waals surface area contributed by atoms with Crippen molar-refractivity contribution in [1.29, 1.82) is 0 Å². The van der Waals surface area contributed by atoms with E-state index in [1.165, 1.54) is 25.7 Å². The van der Waals surface area contributed by atoms with Gasteiger partial charge in [-0.25, -0.2) is 0 Å². The molecular weight excluding hydrogens is 288 g/mol. The maximum atomic E-state index is 12.4. The average Bonchev–Trinajstić information content (AvgIpc) is 3.42. The fraction of sp³-hybridized carbons (Fsp3) is 0.579. The van der Waals surface area contributed by atoms with Crippen LogP contribution in [-0.2, 0) is 9.59 Å². The molecule has 2 fully saturated rings. The molecule has 0 spiro atoms. The monoisotopic (exact) mass is 314 g/mol. The summed E-state index contributed by atoms with van der Waals surface area (Å²) in [7, 11) is 3.66. The lowest BCUT2D eigenvalue weighted by molar-refractivity contribution is -0.119. The van der Waals surface area contributed by atoms with E-state index in [0.29, 0.717) is 24.7 Å². The Bertz CT molecular complexity index is 618. The van der Waals surface area contributed by atoms with Crippen LogP contribution in [0.3, 0.4) is 0 Å². The molecule has 0 unspecified atom stereocenters. The predicted octanol–water partition coefficient (Wildman–Crippen LogP) is 3.52. The van der Waals surface area contributed by atoms with Crippen LogP contribution in [0.1, 0.15) is 44.1 Å². The summed E-state index contributed by atoms with van der Waals surface area (Å²) in [5.74, 6) is 1.49. The van der Waals surface area contributed by atoms with Gasteiger partial charge in [-0.3, -0.25) is 9.59 Å². The third-order valence-corrected chi connectivity index (χ3v) is 5.01. The zero-order chi connectivity index (χ0) is 16.6. The van der Waals surface area contributed by atoms with E-state index in [-0.39, 0.29) is 11.8 Å². The van der Waals surface area contributed by atoms with Crippen LogP contribution in [0.4, 0.5) is 11.4 Å². The maximum Gasteiger partial charge on any atom is 0.227 e. The van der Waals surface area contributed by atoms with E-state index in [1.807, 2.05) is 39.2 Å². The van der Waals surface area contributed by atoms with E-state index in [1.54, 1.807) is 9.80 Å². The lowest BCUT2D eigenvalue weighted by Crippen LogP contribution is -2.29. The van der Waals surface area contributed by atoms with Crippen LogP contribution < -0.4 is 9.80 Å². The normalized spacial score (nSPS) is 17.0. The maximum absolute atomic E-state index is 12.4. The smallest absolute Gasteiger partial charge is 0.227 e. The quantitative estimate of drug-likeness (QED) is 0.806. The Balaban J connectivity index is 1.74. The highest BCUT2D eigenvalue weighted by molar-refractivity contribution is 5.97. The van der Waals surface area contributed by atoms with Crippen molar-refractivity contribution in [2.45, 2.75) is 45.4 Å². The highest BCUT2D eigenvalue weighted by Gasteiger charge is 2.28. The van der Waals surface area contributed by atoms with Gasteiger partial charge in [0.2, 0.25) is 11.8 Å². The van der Waals surface area contributed by atoms with E-state index >= 15 is 0 Å². The molecule has 2 saturated carbocycles. The van der Waals surface area contributed by atoms with Gasteiger partial charge in [-0.2, -0.15) is 0 Å². The Kier molecular flexibility index (Phi) is 4.42. The zero-order valence-electron chi connectivity index (χ0n) is 14.3. The fourth-order valence-electron chi connectivity index (χ4n) is 2.86. The first kappa shape index (κ1) is 16.0. The van der Waals surface area contributed by atoms with Crippen LogP contribution in [0.2, 0.25) is 0 Å². The van der Waals surface area contributed by atoms with Gasteiger partial charge in [-0.1, -0.05) is 6.07 Å². The minimum atomic E-state index is 0.161. The van der Waals surface area contributed by atoms with Gasteiger partial charge in [0.25, 0.3) is 0 Å². The van der Waals surface area contributed by atoms with Crippen molar-refractivity contribution in [2.24, 2.45) is 11.8 Å². The Morgan fingerprint density at radius 2 is 1.48 bits per heavy atom. The van der Waals surface area contributed by atoms with Crippen molar-refractivity contribution < 1.29 is 9.59 Å². The lowest BCUT2D eigenvalue weighted by atomic mass is 10.1. The number of rotatable bonds is 6. The first-order valence-electron chi connectivity index (χ1n) is 8.59. The van der Waals surface area contributed by atoms with Gasteiger partial charge in [-0.15, -0.1) is 0 Å². The molecule has 0 bridgehead atoms. The van der Waals surface area contributed by atoms with Crippen LogP contribution in [0.25, 0.3) is 0 Å². The van der Waals surface area contributed by atoms with Crippen LogP contribution >= 0.6 is 0 Å². The average molecular weight is 314 g/mol. The molecule has 1 aromatic rings. The number of anilines is 2. The molecule has 2 amide bonds. The van der Waals surface area contributed by atoms with Gasteiger partial charge in [0.15, 0.2) is 0 Å². The Labute approximate surface area is 138 Å². The number of nitrogens with zero attached hydrogens (tertiary/aromatic N) is 2. The minimum absolute atomic E-state index is 0.161. The second kappa shape index (κ2) is 6.34. The van der Waals surface area contributed by atoms with Crippen molar-refractivity contribution in [3.05, 3.63) is 23.8 Å². The van der Waals surface area contributed by atoms with Crippen molar-refractivity contribution >= 4 is 23.2 Å². The molecule has 0 N–H and O–H groups in total. The van der Waals surface area contributed by atoms with Crippen molar-refractivity contribution in [1.82, 2.24) is 0 Å². The summed E-state index contributed by atoms with van der Waals surface area (Å²) in [5.41, 5.74) is 2.82. The highest BCUT2D eigenvalue weighted by Crippen LogP contribution is 2.35. The second-order valence-corrected chi connectivity index (χ2v) is 7.17. The van der Waals surface area contributed by atoms with E-state index in [4.69, 9.17) is 0 Å². The topological polar surface area (TPSA) is 40.6 Å². The molecule has 3 rings (SSSR count). The van der Waals surface area contributed by atoms with E-state index in [9.17, 15) is 9.59 Å². The summed E-state index contributed by atoms with van der Waals surface area (Å²) >= 11 is 0. The molecule has 0 aliphatic heterocycles. The van der Waals surface area contributed by atoms with Crippen molar-refractivity contribution in [2.75, 3.05) is 23.9 Å². The molecule has 0 heterocycles. The molecule has 2 aliphatic rings. The summed E-state index contributed by atoms with van der Waals surface area (Å²) in [5, 5.41) is 0. The largest absolute Gasteiger partial charge is 0.315 e. The third-order valence-electron chi connectivity index (χ3n) is 5.01. The van der Waals surface area contributed by atoms with Crippen LogP contribution in [0, 0.1) is 18.8 Å². The van der Waals surface area contributed by atoms with E-state index in [2.05, 4.69) is 0 Å². The standard InChI is InChI=1S/C19H26N2O2/c1-13-4-9-16(20(2)18(22)10-14-5-6-14)12-17(13)21(3)19(23)11-15-7-8-15/h4,9,12,14-15H,5-8,10-11H2,1-3H3. The number of benzene rings is 1. The second-order valence-electron chi connectivity index (χ2n) is 7.17. The molecule has 4 nitrogen and oxygen atoms in total. The minimum Gasteiger partial charge on any atom is -0.315 e. The Morgan fingerprint density at radius 1 is 0.957 bits per heavy atom. The first-order valence-corrected chi connectivity index (χ1v) is 8.59. The van der Waals surface area contributed by atoms with Gasteiger partial charge in [0.05, 0.1) is 0 Å². The lowest BCUT2D eigenvalue weighted by Gasteiger charge is -2.23. The fourth-order valence-corrected chi connectivity index (χ4v) is 2.86. The number of carbonyl (C=O) groups excluding carboxylic acids is 2. The van der Waals surface area contributed by atoms with E-state index in [0.717, 1.165) is 16.9 Å². The number of hydrogen-bond acceptors (Lipinski definition) is 2. The van der Waals surface area contributed by atoms with E-state index < -0.39 is 0 Å². The van der Waals surface area contributed by atoms with Crippen LogP contribution in [0.5, 0.6) is 0 Å². The molecule has 4 heteroatoms. The van der Waals surface area contributed by atoms with Gasteiger partial charge in [-0.05, 0) is 62.1 Å². The molecule has 1 aromatic carbocycles. The summed E-state index contributed by atoms with van der Waals surface area (Å²) in [6.45, 7) is 2.01. The Hall–Kier alpha value is -1.84. The number of hydrogen-bond donors (Lipinski definition) is 0. The summed E-state index contributed by atoms with van der Waals surface area (Å²) in [4.78, 5) is 28.1. The number of amides is 2. The molecule has 23 heavy (non-hydrogen) atoms. The van der Waals surface area contributed by atoms with Crippen molar-refractivity contribution in [3.8, 4) is 0 Å². The highest BCUT2D eigenvalue weighted by atomic mass is 16.2. The summed E-state index contributed by atoms with van der Waals surface area (Å²) in [6, 6.07) is 5.92. The predicted molar refractivity (Wildman–Crippen MR) is 92.7 cm³/mol. The van der Waals surface area contributed by atoms with Crippen molar-refractivity contribution in [3.63, 3.8) is 0 Å². The molecule has 0 aromatic heterocycles. The molecule has 0 atom stereocenters. The van der Waals surface area contributed by atoms with Gasteiger partial charge in [0, 0.05) is 38.3 Å². The number of carbonyl (C=O) groups is 2. The first-order chi connectivity index (χ1) is 11.0. The molecule has 0 radical (unpaired) electrons. The SMILES string of the molecule is Cc1ccc(N(C)C(=O)CC2CC2)cc1N(C)C(=O)CC1CC1. The zero-order valence-corrected chi connectivity index (χ0v) is 14.3. The van der Waals surface area contributed by atoms with Gasteiger partial charge < -0.3 is 9.80 Å². The Morgan fingerprint density at radius 3 is 2.00 bits per heavy atom.